The van der Waals surface area contributed by atoms with Crippen LogP contribution >= 0.6 is 11.3 Å². The molecule has 0 spiro atoms. The number of nitrogens with zero attached hydrogens (tertiary/aromatic N) is 3. The monoisotopic (exact) mass is 424 g/mol. The van der Waals surface area contributed by atoms with E-state index >= 15 is 0 Å². The van der Waals surface area contributed by atoms with Crippen LogP contribution in [-0.4, -0.2) is 34.1 Å². The van der Waals surface area contributed by atoms with E-state index in [9.17, 15) is 9.18 Å². The lowest BCUT2D eigenvalue weighted by molar-refractivity contribution is 0.0995. The van der Waals surface area contributed by atoms with E-state index in [1.807, 2.05) is 5.38 Å². The van der Waals surface area contributed by atoms with Gasteiger partial charge in [0.1, 0.15) is 28.4 Å². The van der Waals surface area contributed by atoms with E-state index < -0.39 is 5.91 Å². The summed E-state index contributed by atoms with van der Waals surface area (Å²) in [5, 5.41) is 2.77. The number of halogens is 1. The number of nitrogens with two attached hydrogens (primary N) is 1. The molecule has 30 heavy (non-hydrogen) atoms. The smallest absolute Gasteiger partial charge is 0.267 e. The highest BCUT2D eigenvalue weighted by atomic mass is 32.1. The summed E-state index contributed by atoms with van der Waals surface area (Å²) < 4.78 is 24.7. The Hall–Kier alpha value is -3.59. The largest absolute Gasteiger partial charge is 0.492 e. The molecule has 1 amide bonds. The number of hydrogen-bond donors (Lipinski definition) is 1. The molecule has 1 aromatic carbocycles. The maximum Gasteiger partial charge on any atom is 0.267 e. The molecule has 152 valence electrons. The normalized spacial score (nSPS) is 10.8. The molecule has 2 N–H and O–H groups in total. The summed E-state index contributed by atoms with van der Waals surface area (Å²) in [6.07, 6.45) is 3.53. The second-order valence-corrected chi connectivity index (χ2v) is 7.17. The van der Waals surface area contributed by atoms with Crippen molar-refractivity contribution in [1.29, 1.82) is 0 Å². The van der Waals surface area contributed by atoms with Crippen LogP contribution in [0.25, 0.3) is 21.3 Å². The highest BCUT2D eigenvalue weighted by Gasteiger charge is 2.14. The highest BCUT2D eigenvalue weighted by molar-refractivity contribution is 7.17. The lowest BCUT2D eigenvalue weighted by Gasteiger charge is -2.09. The van der Waals surface area contributed by atoms with Crippen LogP contribution in [0.4, 0.5) is 4.39 Å². The molecule has 0 bridgehead atoms. The van der Waals surface area contributed by atoms with Crippen molar-refractivity contribution in [1.82, 2.24) is 15.0 Å². The molecule has 0 fully saturated rings. The van der Waals surface area contributed by atoms with E-state index in [-0.39, 0.29) is 11.5 Å². The second kappa shape index (κ2) is 8.83. The van der Waals surface area contributed by atoms with Gasteiger partial charge in [-0.1, -0.05) is 12.1 Å². The number of hydrogen-bond acceptors (Lipinski definition) is 7. The van der Waals surface area contributed by atoms with Gasteiger partial charge in [0.05, 0.1) is 24.8 Å². The Morgan fingerprint density at radius 3 is 2.57 bits per heavy atom. The van der Waals surface area contributed by atoms with Gasteiger partial charge < -0.3 is 15.2 Å². The van der Waals surface area contributed by atoms with E-state index in [4.69, 9.17) is 15.2 Å². The standard InChI is InChI=1S/C21H17FN4O3S/c22-14-4-2-13(3-5-14)16-11-30-21-18(16)20(25-12-26-21)29-9-1-8-28-15-6-7-17(19(23)27)24-10-15/h2-7,10-12H,1,8-9H2,(H2,23,27). The Labute approximate surface area is 175 Å². The molecule has 0 saturated heterocycles. The zero-order chi connectivity index (χ0) is 20.9. The fraction of sp³-hybridized carbons (Fsp3) is 0.143. The molecule has 3 heterocycles. The maximum atomic E-state index is 13.3. The highest BCUT2D eigenvalue weighted by Crippen LogP contribution is 2.37. The Kier molecular flexibility index (Phi) is 5.80. The summed E-state index contributed by atoms with van der Waals surface area (Å²) in [6, 6.07) is 9.44. The molecule has 4 aromatic rings. The molecular formula is C21H17FN4O3S. The summed E-state index contributed by atoms with van der Waals surface area (Å²) in [5.41, 5.74) is 7.12. The van der Waals surface area contributed by atoms with Crippen molar-refractivity contribution < 1.29 is 18.7 Å². The Bertz CT molecular complexity index is 1160. The van der Waals surface area contributed by atoms with Crippen molar-refractivity contribution in [3.63, 3.8) is 0 Å². The van der Waals surface area contributed by atoms with Gasteiger partial charge in [0.15, 0.2) is 0 Å². The van der Waals surface area contributed by atoms with Gasteiger partial charge in [-0.3, -0.25) is 4.79 Å². The third-order valence-electron chi connectivity index (χ3n) is 4.28. The van der Waals surface area contributed by atoms with Crippen LogP contribution in [0.3, 0.4) is 0 Å². The van der Waals surface area contributed by atoms with Crippen LogP contribution in [0.15, 0.2) is 54.3 Å². The van der Waals surface area contributed by atoms with Crippen molar-refractivity contribution in [2.45, 2.75) is 6.42 Å². The predicted molar refractivity (Wildman–Crippen MR) is 111 cm³/mol. The van der Waals surface area contributed by atoms with Crippen molar-refractivity contribution in [3.8, 4) is 22.8 Å². The van der Waals surface area contributed by atoms with Gasteiger partial charge in [0.25, 0.3) is 5.91 Å². The molecule has 4 rings (SSSR count). The van der Waals surface area contributed by atoms with E-state index in [2.05, 4.69) is 15.0 Å². The molecular weight excluding hydrogens is 407 g/mol. The van der Waals surface area contributed by atoms with E-state index in [1.165, 1.54) is 42.1 Å². The number of carbonyl (C=O) groups excluding carboxylic acids is 1. The molecule has 0 saturated carbocycles. The topological polar surface area (TPSA) is 100 Å². The van der Waals surface area contributed by atoms with Gasteiger partial charge in [-0.25, -0.2) is 19.3 Å². The summed E-state index contributed by atoms with van der Waals surface area (Å²) in [7, 11) is 0. The number of carbonyl (C=O) groups is 1. The van der Waals surface area contributed by atoms with Gasteiger partial charge in [0.2, 0.25) is 5.88 Å². The molecule has 3 aromatic heterocycles. The van der Waals surface area contributed by atoms with E-state index in [0.29, 0.717) is 31.3 Å². The summed E-state index contributed by atoms with van der Waals surface area (Å²) >= 11 is 1.48. The number of benzene rings is 1. The Morgan fingerprint density at radius 2 is 1.83 bits per heavy atom. The van der Waals surface area contributed by atoms with Gasteiger partial charge in [-0.05, 0) is 29.8 Å². The lowest BCUT2D eigenvalue weighted by atomic mass is 10.1. The van der Waals surface area contributed by atoms with Gasteiger partial charge in [-0.15, -0.1) is 11.3 Å². The molecule has 0 unspecified atom stereocenters. The van der Waals surface area contributed by atoms with Crippen LogP contribution < -0.4 is 15.2 Å². The molecule has 0 radical (unpaired) electrons. The molecule has 0 atom stereocenters. The van der Waals surface area contributed by atoms with Crippen LogP contribution in [0.2, 0.25) is 0 Å². The van der Waals surface area contributed by atoms with Crippen LogP contribution in [0.5, 0.6) is 11.6 Å². The fourth-order valence-electron chi connectivity index (χ4n) is 2.83. The minimum absolute atomic E-state index is 0.186. The molecule has 0 aliphatic carbocycles. The van der Waals surface area contributed by atoms with Crippen molar-refractivity contribution in [2.24, 2.45) is 5.73 Å². The quantitative estimate of drug-likeness (QED) is 0.432. The first-order valence-electron chi connectivity index (χ1n) is 9.11. The average Bonchev–Trinajstić information content (AvgIpc) is 3.19. The van der Waals surface area contributed by atoms with Gasteiger partial charge in [-0.2, -0.15) is 0 Å². The molecule has 7 nitrogen and oxygen atoms in total. The van der Waals surface area contributed by atoms with Crippen LogP contribution in [-0.2, 0) is 0 Å². The number of pyridine rings is 1. The molecule has 0 aliphatic heterocycles. The number of rotatable bonds is 8. The maximum absolute atomic E-state index is 13.3. The van der Waals surface area contributed by atoms with Crippen molar-refractivity contribution in [2.75, 3.05) is 13.2 Å². The summed E-state index contributed by atoms with van der Waals surface area (Å²) in [6.45, 7) is 0.790. The first-order valence-corrected chi connectivity index (χ1v) is 9.99. The number of ether oxygens (including phenoxy) is 2. The predicted octanol–water partition coefficient (Wildman–Crippen LogP) is 3.84. The first kappa shape index (κ1) is 19.7. The minimum Gasteiger partial charge on any atom is -0.492 e. The number of thiophene rings is 1. The van der Waals surface area contributed by atoms with E-state index in [0.717, 1.165) is 21.3 Å². The number of primary amides is 1. The third-order valence-corrected chi connectivity index (χ3v) is 5.16. The van der Waals surface area contributed by atoms with E-state index in [1.54, 1.807) is 18.2 Å². The minimum atomic E-state index is -0.584. The average molecular weight is 424 g/mol. The molecule has 0 aliphatic rings. The molecule has 9 heteroatoms. The SMILES string of the molecule is NC(=O)c1ccc(OCCCOc2ncnc3scc(-c4ccc(F)cc4)c23)cn1. The van der Waals surface area contributed by atoms with Gasteiger partial charge in [0, 0.05) is 17.4 Å². The lowest BCUT2D eigenvalue weighted by Crippen LogP contribution is -2.12. The zero-order valence-electron chi connectivity index (χ0n) is 15.7. The first-order chi connectivity index (χ1) is 14.6. The Morgan fingerprint density at radius 1 is 1.03 bits per heavy atom. The zero-order valence-corrected chi connectivity index (χ0v) is 16.6. The second-order valence-electron chi connectivity index (χ2n) is 6.31. The van der Waals surface area contributed by atoms with Crippen LogP contribution in [0.1, 0.15) is 16.9 Å². The van der Waals surface area contributed by atoms with Gasteiger partial charge >= 0.3 is 0 Å². The number of fused-ring (bicyclic) bond motifs is 1. The number of amides is 1. The Balaban J connectivity index is 1.39. The van der Waals surface area contributed by atoms with Crippen LogP contribution in [0, 0.1) is 5.82 Å². The number of aromatic nitrogens is 3. The van der Waals surface area contributed by atoms with Crippen molar-refractivity contribution >= 4 is 27.5 Å². The van der Waals surface area contributed by atoms with Crippen molar-refractivity contribution in [3.05, 3.63) is 65.8 Å². The fourth-order valence-corrected chi connectivity index (χ4v) is 3.73. The summed E-state index contributed by atoms with van der Waals surface area (Å²) in [4.78, 5) is 24.3. The third kappa shape index (κ3) is 4.36. The summed E-state index contributed by atoms with van der Waals surface area (Å²) in [5.74, 6) is 0.152.